The van der Waals surface area contributed by atoms with Crippen molar-refractivity contribution in [3.05, 3.63) is 133 Å². The average Bonchev–Trinajstić information content (AvgIpc) is 3.09. The third kappa shape index (κ3) is 3.14. The van der Waals surface area contributed by atoms with E-state index in [0.29, 0.717) is 0 Å². The largest absolute Gasteiger partial charge is 0.309 e. The smallest absolute Gasteiger partial charge is 0.0807 e. The first-order valence-electron chi connectivity index (χ1n) is 12.2. The highest BCUT2D eigenvalue weighted by atomic mass is 15.2. The molecule has 0 N–H and O–H groups in total. The van der Waals surface area contributed by atoms with Gasteiger partial charge < -0.3 is 4.90 Å². The molecule has 6 aromatic rings. The number of aryl methyl sites for hydroxylation is 2. The number of hydrogen-bond acceptors (Lipinski definition) is 2. The number of aromatic nitrogens is 1. The first kappa shape index (κ1) is 20.0. The number of hydrogen-bond donors (Lipinski definition) is 0. The van der Waals surface area contributed by atoms with E-state index in [1.165, 1.54) is 50.1 Å². The fourth-order valence-corrected chi connectivity index (χ4v) is 5.63. The van der Waals surface area contributed by atoms with Crippen LogP contribution in [-0.4, -0.2) is 4.98 Å². The summed E-state index contributed by atoms with van der Waals surface area (Å²) < 4.78 is 0. The summed E-state index contributed by atoms with van der Waals surface area (Å²) in [6.07, 6.45) is 3.97. The summed E-state index contributed by atoms with van der Waals surface area (Å²) in [7, 11) is 0. The molecule has 0 saturated carbocycles. The summed E-state index contributed by atoms with van der Waals surface area (Å²) in [4.78, 5) is 7.46. The van der Waals surface area contributed by atoms with Crippen LogP contribution in [0.1, 0.15) is 11.1 Å². The summed E-state index contributed by atoms with van der Waals surface area (Å²) in [5, 5.41) is 3.62. The van der Waals surface area contributed by atoms with Gasteiger partial charge in [0.15, 0.2) is 0 Å². The minimum absolute atomic E-state index is 1.03. The van der Waals surface area contributed by atoms with Crippen LogP contribution in [0.2, 0.25) is 0 Å². The maximum Gasteiger partial charge on any atom is 0.0807 e. The molecule has 166 valence electrons. The molecule has 2 nitrogen and oxygen atoms in total. The number of anilines is 3. The third-order valence-electron chi connectivity index (χ3n) is 7.17. The van der Waals surface area contributed by atoms with Crippen molar-refractivity contribution >= 4 is 38.7 Å². The van der Waals surface area contributed by atoms with E-state index in [-0.39, 0.29) is 0 Å². The quantitative estimate of drug-likeness (QED) is 0.246. The molecule has 0 radical (unpaired) electrons. The fourth-order valence-electron chi connectivity index (χ4n) is 5.63. The van der Waals surface area contributed by atoms with E-state index in [0.717, 1.165) is 23.7 Å². The van der Waals surface area contributed by atoms with Crippen molar-refractivity contribution < 1.29 is 0 Å². The second-order valence-corrected chi connectivity index (χ2v) is 9.13. The summed E-state index contributed by atoms with van der Waals surface area (Å²) in [6, 6.07) is 41.4. The highest BCUT2D eigenvalue weighted by Crippen LogP contribution is 2.49. The monoisotopic (exact) mass is 448 g/mol. The molecule has 2 heteroatoms. The van der Waals surface area contributed by atoms with Crippen LogP contribution in [-0.2, 0) is 12.8 Å². The minimum Gasteiger partial charge on any atom is -0.309 e. The van der Waals surface area contributed by atoms with Crippen molar-refractivity contribution in [3.63, 3.8) is 0 Å². The van der Waals surface area contributed by atoms with Crippen LogP contribution < -0.4 is 4.90 Å². The summed E-state index contributed by atoms with van der Waals surface area (Å²) in [6.45, 7) is 0. The minimum atomic E-state index is 1.03. The summed E-state index contributed by atoms with van der Waals surface area (Å²) in [5.41, 5.74) is 9.86. The number of para-hydroxylation sites is 2. The Labute approximate surface area is 205 Å². The average molecular weight is 449 g/mol. The van der Waals surface area contributed by atoms with Crippen LogP contribution in [0.15, 0.2) is 121 Å². The van der Waals surface area contributed by atoms with Gasteiger partial charge in [-0.05, 0) is 59.2 Å². The number of fused-ring (bicyclic) bond motifs is 4. The SMILES string of the molecule is c1ccc(-c2c3ccccc3c(N3c4ccccc4CCc4ccccc43)c3cccnc23)cc1. The van der Waals surface area contributed by atoms with E-state index in [1.54, 1.807) is 0 Å². The molecule has 0 fully saturated rings. The van der Waals surface area contributed by atoms with Gasteiger partial charge in [0.1, 0.15) is 0 Å². The first-order chi connectivity index (χ1) is 17.4. The van der Waals surface area contributed by atoms with Crippen molar-refractivity contribution in [1.82, 2.24) is 4.98 Å². The first-order valence-corrected chi connectivity index (χ1v) is 12.2. The van der Waals surface area contributed by atoms with Gasteiger partial charge in [0.25, 0.3) is 0 Å². The molecule has 0 aliphatic carbocycles. The fraction of sp³-hybridized carbons (Fsp3) is 0.0606. The molecule has 1 aliphatic heterocycles. The molecule has 7 rings (SSSR count). The summed E-state index contributed by atoms with van der Waals surface area (Å²) >= 11 is 0. The Kier molecular flexibility index (Phi) is 4.63. The lowest BCUT2D eigenvalue weighted by Crippen LogP contribution is -2.13. The molecule has 1 aliphatic rings. The normalized spacial score (nSPS) is 12.9. The van der Waals surface area contributed by atoms with Gasteiger partial charge in [-0.2, -0.15) is 0 Å². The zero-order valence-electron chi connectivity index (χ0n) is 19.4. The van der Waals surface area contributed by atoms with Crippen molar-refractivity contribution in [3.8, 4) is 11.1 Å². The summed E-state index contributed by atoms with van der Waals surface area (Å²) in [5.74, 6) is 0. The van der Waals surface area contributed by atoms with Gasteiger partial charge in [0.2, 0.25) is 0 Å². The topological polar surface area (TPSA) is 16.1 Å². The van der Waals surface area contributed by atoms with Crippen LogP contribution in [0.25, 0.3) is 32.8 Å². The Morgan fingerprint density at radius 1 is 0.514 bits per heavy atom. The molecular formula is C33H24N2. The van der Waals surface area contributed by atoms with Gasteiger partial charge in [-0.3, -0.25) is 4.98 Å². The van der Waals surface area contributed by atoms with Crippen molar-refractivity contribution in [1.29, 1.82) is 0 Å². The lowest BCUT2D eigenvalue weighted by Gasteiger charge is -2.30. The number of nitrogens with zero attached hydrogens (tertiary/aromatic N) is 2. The van der Waals surface area contributed by atoms with Crippen molar-refractivity contribution in [2.24, 2.45) is 0 Å². The predicted octanol–water partition coefficient (Wildman–Crippen LogP) is 8.62. The maximum absolute atomic E-state index is 4.97. The van der Waals surface area contributed by atoms with Gasteiger partial charge in [-0.15, -0.1) is 0 Å². The van der Waals surface area contributed by atoms with Gasteiger partial charge in [-0.25, -0.2) is 0 Å². The van der Waals surface area contributed by atoms with E-state index in [2.05, 4.69) is 120 Å². The molecule has 35 heavy (non-hydrogen) atoms. The van der Waals surface area contributed by atoms with Crippen LogP contribution >= 0.6 is 0 Å². The Morgan fingerprint density at radius 3 is 1.80 bits per heavy atom. The van der Waals surface area contributed by atoms with Crippen LogP contribution in [0, 0.1) is 0 Å². The van der Waals surface area contributed by atoms with Crippen LogP contribution in [0.3, 0.4) is 0 Å². The zero-order chi connectivity index (χ0) is 23.2. The lowest BCUT2D eigenvalue weighted by molar-refractivity contribution is 0.977. The van der Waals surface area contributed by atoms with Crippen LogP contribution in [0.5, 0.6) is 0 Å². The lowest BCUT2D eigenvalue weighted by atomic mass is 9.92. The second-order valence-electron chi connectivity index (χ2n) is 9.13. The number of benzene rings is 5. The zero-order valence-corrected chi connectivity index (χ0v) is 19.4. The van der Waals surface area contributed by atoms with E-state index in [9.17, 15) is 0 Å². The van der Waals surface area contributed by atoms with Gasteiger partial charge in [0, 0.05) is 33.9 Å². The molecule has 1 aromatic heterocycles. The van der Waals surface area contributed by atoms with Gasteiger partial charge in [-0.1, -0.05) is 91.0 Å². The molecule has 0 amide bonds. The molecule has 0 unspecified atom stereocenters. The predicted molar refractivity (Wildman–Crippen MR) is 147 cm³/mol. The molecule has 2 heterocycles. The van der Waals surface area contributed by atoms with E-state index in [4.69, 9.17) is 4.98 Å². The molecule has 5 aromatic carbocycles. The van der Waals surface area contributed by atoms with E-state index >= 15 is 0 Å². The standard InChI is InChI=1S/C33H24N2/c1-2-13-25(14-3-1)31-26-15-6-7-16-27(26)33(28-17-10-22-34-32(28)31)35-29-18-8-4-11-23(29)20-21-24-12-5-9-19-30(24)35/h1-19,22H,20-21H2. The van der Waals surface area contributed by atoms with Crippen molar-refractivity contribution in [2.45, 2.75) is 12.8 Å². The Balaban J connectivity index is 1.67. The molecular weight excluding hydrogens is 424 g/mol. The van der Waals surface area contributed by atoms with Gasteiger partial charge >= 0.3 is 0 Å². The highest BCUT2D eigenvalue weighted by molar-refractivity contribution is 6.21. The molecule has 0 spiro atoms. The number of pyridine rings is 1. The molecule has 0 atom stereocenters. The maximum atomic E-state index is 4.97. The van der Waals surface area contributed by atoms with Crippen LogP contribution in [0.4, 0.5) is 17.1 Å². The Hall–Kier alpha value is -4.43. The van der Waals surface area contributed by atoms with E-state index in [1.807, 2.05) is 6.20 Å². The van der Waals surface area contributed by atoms with E-state index < -0.39 is 0 Å². The second kappa shape index (κ2) is 8.11. The highest BCUT2D eigenvalue weighted by Gasteiger charge is 2.26. The van der Waals surface area contributed by atoms with Crippen molar-refractivity contribution in [2.75, 3.05) is 4.90 Å². The Morgan fingerprint density at radius 2 is 1.09 bits per heavy atom. The Bertz CT molecular complexity index is 1600. The third-order valence-corrected chi connectivity index (χ3v) is 7.17. The molecule has 0 saturated heterocycles. The van der Waals surface area contributed by atoms with Gasteiger partial charge in [0.05, 0.1) is 11.2 Å². The number of rotatable bonds is 2. The molecule has 0 bridgehead atoms.